The fourth-order valence-corrected chi connectivity index (χ4v) is 1.38. The van der Waals surface area contributed by atoms with Crippen LogP contribution in [-0.4, -0.2) is 12.6 Å². The van der Waals surface area contributed by atoms with E-state index >= 15 is 0 Å². The summed E-state index contributed by atoms with van der Waals surface area (Å²) in [7, 11) is 0. The summed E-state index contributed by atoms with van der Waals surface area (Å²) in [6.45, 7) is 4.67. The third-order valence-electron chi connectivity index (χ3n) is 2.06. The predicted octanol–water partition coefficient (Wildman–Crippen LogP) is 2.08. The third kappa shape index (κ3) is 1.16. The van der Waals surface area contributed by atoms with Gasteiger partial charge < -0.3 is 10.6 Å². The minimum atomic E-state index is 0.347. The lowest BCUT2D eigenvalue weighted by Crippen LogP contribution is -2.30. The summed E-state index contributed by atoms with van der Waals surface area (Å²) in [6, 6.07) is 8.54. The summed E-state index contributed by atoms with van der Waals surface area (Å²) in [5.41, 5.74) is 2.34. The molecule has 1 aliphatic heterocycles. The number of nitrogens with one attached hydrogen (secondary N) is 2. The lowest BCUT2D eigenvalue weighted by atomic mass is 10.1. The molecule has 0 spiro atoms. The van der Waals surface area contributed by atoms with Gasteiger partial charge in [0.05, 0.1) is 17.4 Å². The van der Waals surface area contributed by atoms with Gasteiger partial charge in [-0.05, 0) is 12.1 Å². The van der Waals surface area contributed by atoms with Gasteiger partial charge in [0.2, 0.25) is 0 Å². The highest BCUT2D eigenvalue weighted by molar-refractivity contribution is 5.71. The summed E-state index contributed by atoms with van der Waals surface area (Å²) < 4.78 is 0. The molecule has 0 saturated carbocycles. The minimum absolute atomic E-state index is 0.347. The third-order valence-corrected chi connectivity index (χ3v) is 2.06. The fourth-order valence-electron chi connectivity index (χ4n) is 1.38. The second-order valence-electron chi connectivity index (χ2n) is 2.91. The minimum Gasteiger partial charge on any atom is -0.381 e. The molecule has 62 valence electrons. The molecule has 1 aromatic carbocycles. The van der Waals surface area contributed by atoms with Crippen molar-refractivity contribution in [3.05, 3.63) is 36.9 Å². The maximum Gasteiger partial charge on any atom is 0.0615 e. The molecule has 0 saturated heterocycles. The molecule has 1 heterocycles. The number of anilines is 2. The van der Waals surface area contributed by atoms with Crippen molar-refractivity contribution in [3.63, 3.8) is 0 Å². The van der Waals surface area contributed by atoms with E-state index in [2.05, 4.69) is 29.3 Å². The summed E-state index contributed by atoms with van der Waals surface area (Å²) in [5, 5.41) is 6.70. The zero-order valence-electron chi connectivity index (χ0n) is 6.88. The number of fused-ring (bicyclic) bond motifs is 1. The topological polar surface area (TPSA) is 24.1 Å². The van der Waals surface area contributed by atoms with Crippen molar-refractivity contribution >= 4 is 11.4 Å². The zero-order valence-corrected chi connectivity index (χ0v) is 6.88. The average molecular weight is 160 g/mol. The first-order chi connectivity index (χ1) is 5.90. The molecular formula is C10H12N2. The van der Waals surface area contributed by atoms with Crippen molar-refractivity contribution < 1.29 is 0 Å². The van der Waals surface area contributed by atoms with E-state index in [1.54, 1.807) is 0 Å². The average Bonchev–Trinajstić information content (AvgIpc) is 2.17. The van der Waals surface area contributed by atoms with E-state index in [-0.39, 0.29) is 0 Å². The van der Waals surface area contributed by atoms with Crippen LogP contribution in [0.2, 0.25) is 0 Å². The summed E-state index contributed by atoms with van der Waals surface area (Å²) >= 11 is 0. The first-order valence-electron chi connectivity index (χ1n) is 4.12. The van der Waals surface area contributed by atoms with Crippen LogP contribution in [0.1, 0.15) is 0 Å². The Bertz CT molecular complexity index is 294. The Labute approximate surface area is 72.3 Å². The molecule has 1 atom stereocenters. The Morgan fingerprint density at radius 3 is 2.83 bits per heavy atom. The van der Waals surface area contributed by atoms with E-state index < -0.39 is 0 Å². The highest BCUT2D eigenvalue weighted by Crippen LogP contribution is 2.24. The first kappa shape index (κ1) is 7.22. The molecule has 1 aromatic rings. The molecule has 0 bridgehead atoms. The predicted molar refractivity (Wildman–Crippen MR) is 52.5 cm³/mol. The largest absolute Gasteiger partial charge is 0.381 e. The maximum absolute atomic E-state index is 3.75. The van der Waals surface area contributed by atoms with E-state index in [0.29, 0.717) is 6.04 Å². The summed E-state index contributed by atoms with van der Waals surface area (Å²) in [4.78, 5) is 0. The van der Waals surface area contributed by atoms with Crippen molar-refractivity contribution in [2.24, 2.45) is 0 Å². The molecule has 2 nitrogen and oxygen atoms in total. The maximum atomic E-state index is 3.75. The van der Waals surface area contributed by atoms with Gasteiger partial charge in [0.25, 0.3) is 0 Å². The summed E-state index contributed by atoms with van der Waals surface area (Å²) in [5.74, 6) is 0. The molecule has 0 amide bonds. The smallest absolute Gasteiger partial charge is 0.0615 e. The van der Waals surface area contributed by atoms with E-state index in [4.69, 9.17) is 0 Å². The monoisotopic (exact) mass is 160 g/mol. The van der Waals surface area contributed by atoms with E-state index in [0.717, 1.165) is 12.2 Å². The Hall–Kier alpha value is -1.44. The molecule has 2 heteroatoms. The lowest BCUT2D eigenvalue weighted by molar-refractivity contribution is 0.895. The number of hydrogen-bond donors (Lipinski definition) is 2. The van der Waals surface area contributed by atoms with Crippen molar-refractivity contribution in [1.82, 2.24) is 0 Å². The van der Waals surface area contributed by atoms with Gasteiger partial charge in [-0.1, -0.05) is 18.2 Å². The highest BCUT2D eigenvalue weighted by atomic mass is 15.1. The van der Waals surface area contributed by atoms with Crippen LogP contribution in [0.3, 0.4) is 0 Å². The second kappa shape index (κ2) is 2.89. The Balaban J connectivity index is 2.28. The number of para-hydroxylation sites is 2. The van der Waals surface area contributed by atoms with Crippen LogP contribution >= 0.6 is 0 Å². The van der Waals surface area contributed by atoms with Crippen LogP contribution in [0.25, 0.3) is 0 Å². The second-order valence-corrected chi connectivity index (χ2v) is 2.91. The first-order valence-corrected chi connectivity index (χ1v) is 4.12. The van der Waals surface area contributed by atoms with Gasteiger partial charge in [-0.2, -0.15) is 0 Å². The van der Waals surface area contributed by atoms with Gasteiger partial charge in [-0.25, -0.2) is 0 Å². The van der Waals surface area contributed by atoms with Crippen LogP contribution in [0.15, 0.2) is 36.9 Å². The van der Waals surface area contributed by atoms with E-state index in [1.165, 1.54) is 5.69 Å². The van der Waals surface area contributed by atoms with Gasteiger partial charge in [-0.15, -0.1) is 6.58 Å². The van der Waals surface area contributed by atoms with Gasteiger partial charge in [0, 0.05) is 6.54 Å². The molecular weight excluding hydrogens is 148 g/mol. The van der Waals surface area contributed by atoms with E-state index in [1.807, 2.05) is 18.2 Å². The molecule has 0 aliphatic carbocycles. The standard InChI is InChI=1S/C10H12N2/c1-2-8-7-11-9-5-3-4-6-10(9)12-8/h2-6,8,11-12H,1,7H2/t8-/m0/s1. The fraction of sp³-hybridized carbons (Fsp3) is 0.200. The van der Waals surface area contributed by atoms with Crippen LogP contribution in [-0.2, 0) is 0 Å². The highest BCUT2D eigenvalue weighted by Gasteiger charge is 2.12. The molecule has 2 rings (SSSR count). The molecule has 12 heavy (non-hydrogen) atoms. The number of hydrogen-bond acceptors (Lipinski definition) is 2. The Morgan fingerprint density at radius 2 is 2.08 bits per heavy atom. The van der Waals surface area contributed by atoms with Gasteiger partial charge >= 0.3 is 0 Å². The van der Waals surface area contributed by atoms with Crippen LogP contribution < -0.4 is 10.6 Å². The zero-order chi connectivity index (χ0) is 8.39. The normalized spacial score (nSPS) is 20.2. The molecule has 0 radical (unpaired) electrons. The Morgan fingerprint density at radius 1 is 1.33 bits per heavy atom. The molecule has 1 aliphatic rings. The van der Waals surface area contributed by atoms with Crippen molar-refractivity contribution in [1.29, 1.82) is 0 Å². The van der Waals surface area contributed by atoms with Crippen molar-refractivity contribution in [2.75, 3.05) is 17.2 Å². The van der Waals surface area contributed by atoms with Crippen LogP contribution in [0, 0.1) is 0 Å². The molecule has 0 aromatic heterocycles. The van der Waals surface area contributed by atoms with Crippen molar-refractivity contribution in [3.8, 4) is 0 Å². The number of benzene rings is 1. The van der Waals surface area contributed by atoms with Crippen LogP contribution in [0.4, 0.5) is 11.4 Å². The molecule has 2 N–H and O–H groups in total. The SMILES string of the molecule is C=C[C@H]1CNc2ccccc2N1. The lowest BCUT2D eigenvalue weighted by Gasteiger charge is -2.25. The quantitative estimate of drug-likeness (QED) is 0.614. The van der Waals surface area contributed by atoms with Crippen LogP contribution in [0.5, 0.6) is 0 Å². The van der Waals surface area contributed by atoms with Crippen molar-refractivity contribution in [2.45, 2.75) is 6.04 Å². The molecule has 0 fully saturated rings. The van der Waals surface area contributed by atoms with E-state index in [9.17, 15) is 0 Å². The molecule has 0 unspecified atom stereocenters. The Kier molecular flexibility index (Phi) is 1.74. The van der Waals surface area contributed by atoms with Gasteiger partial charge in [0.1, 0.15) is 0 Å². The number of rotatable bonds is 1. The summed E-state index contributed by atoms with van der Waals surface area (Å²) in [6.07, 6.45) is 1.92. The van der Waals surface area contributed by atoms with Gasteiger partial charge in [0.15, 0.2) is 0 Å². The van der Waals surface area contributed by atoms with Gasteiger partial charge in [-0.3, -0.25) is 0 Å².